The van der Waals surface area contributed by atoms with Gasteiger partial charge in [0.05, 0.1) is 12.7 Å². The fourth-order valence-corrected chi connectivity index (χ4v) is 0.525. The largest absolute Gasteiger partial charge is 0.393 e. The zero-order valence-corrected chi connectivity index (χ0v) is 6.14. The monoisotopic (exact) mass is 164 g/mol. The minimum atomic E-state index is -1.63. The number of carbonyl (C=O) groups is 1. The van der Waals surface area contributed by atoms with Gasteiger partial charge in [-0.05, 0) is 6.92 Å². The lowest BCUT2D eigenvalue weighted by molar-refractivity contribution is -0.142. The van der Waals surface area contributed by atoms with E-state index in [0.29, 0.717) is 0 Å². The molecule has 11 heavy (non-hydrogen) atoms. The quantitative estimate of drug-likeness (QED) is 0.373. The molecule has 0 aliphatic carbocycles. The molecule has 0 aromatic rings. The molecule has 0 radical (unpaired) electrons. The van der Waals surface area contributed by atoms with E-state index in [9.17, 15) is 4.79 Å². The standard InChI is InChI=1S/C6H12O5/c1-3(8)5(10)6(11)4(9)2-7/h3-5,7-10H,2H2,1H3/t3?,4?,5-/m0/s1. The lowest BCUT2D eigenvalue weighted by Crippen LogP contribution is -2.40. The molecule has 0 amide bonds. The highest BCUT2D eigenvalue weighted by molar-refractivity contribution is 5.87. The van der Waals surface area contributed by atoms with Gasteiger partial charge in [0, 0.05) is 0 Å². The van der Waals surface area contributed by atoms with Crippen molar-refractivity contribution in [2.24, 2.45) is 0 Å². The summed E-state index contributed by atoms with van der Waals surface area (Å²) < 4.78 is 0. The Labute approximate surface area is 63.9 Å². The number of hydrogen-bond acceptors (Lipinski definition) is 5. The fourth-order valence-electron chi connectivity index (χ4n) is 0.525. The summed E-state index contributed by atoms with van der Waals surface area (Å²) in [6.45, 7) is 0.468. The van der Waals surface area contributed by atoms with Crippen LogP contribution in [0.1, 0.15) is 6.92 Å². The maximum atomic E-state index is 10.7. The van der Waals surface area contributed by atoms with E-state index in [4.69, 9.17) is 20.4 Å². The van der Waals surface area contributed by atoms with Crippen molar-refractivity contribution in [1.29, 1.82) is 0 Å². The van der Waals surface area contributed by atoms with Crippen molar-refractivity contribution in [3.05, 3.63) is 0 Å². The zero-order chi connectivity index (χ0) is 9.02. The van der Waals surface area contributed by atoms with E-state index in [-0.39, 0.29) is 0 Å². The number of rotatable bonds is 4. The second kappa shape index (κ2) is 4.40. The Morgan fingerprint density at radius 3 is 2.09 bits per heavy atom. The molecule has 0 bridgehead atoms. The average molecular weight is 164 g/mol. The summed E-state index contributed by atoms with van der Waals surface area (Å²) in [5.74, 6) is -0.970. The first kappa shape index (κ1) is 10.5. The number of Topliss-reactive ketones (excluding diaryl/α,β-unsaturated/α-hetero) is 1. The van der Waals surface area contributed by atoms with Gasteiger partial charge < -0.3 is 20.4 Å². The molecule has 0 aliphatic heterocycles. The van der Waals surface area contributed by atoms with Crippen LogP contribution in [0.3, 0.4) is 0 Å². The van der Waals surface area contributed by atoms with E-state index in [1.54, 1.807) is 0 Å². The molecule has 3 atom stereocenters. The predicted octanol–water partition coefficient (Wildman–Crippen LogP) is -2.35. The Morgan fingerprint density at radius 2 is 1.82 bits per heavy atom. The van der Waals surface area contributed by atoms with Crippen molar-refractivity contribution in [3.63, 3.8) is 0 Å². The van der Waals surface area contributed by atoms with Gasteiger partial charge in [-0.1, -0.05) is 0 Å². The molecular formula is C6H12O5. The van der Waals surface area contributed by atoms with Crippen LogP contribution in [0.2, 0.25) is 0 Å². The smallest absolute Gasteiger partial charge is 0.194 e. The zero-order valence-electron chi connectivity index (χ0n) is 6.14. The van der Waals surface area contributed by atoms with E-state index >= 15 is 0 Å². The van der Waals surface area contributed by atoms with Crippen LogP contribution in [-0.4, -0.2) is 51.1 Å². The van der Waals surface area contributed by atoms with Crippen LogP contribution in [0.25, 0.3) is 0 Å². The molecule has 2 unspecified atom stereocenters. The summed E-state index contributed by atoms with van der Waals surface area (Å²) in [7, 11) is 0. The highest BCUT2D eigenvalue weighted by Gasteiger charge is 2.26. The predicted molar refractivity (Wildman–Crippen MR) is 35.8 cm³/mol. The van der Waals surface area contributed by atoms with Crippen LogP contribution in [-0.2, 0) is 4.79 Å². The van der Waals surface area contributed by atoms with Gasteiger partial charge in [0.2, 0.25) is 0 Å². The van der Waals surface area contributed by atoms with Gasteiger partial charge >= 0.3 is 0 Å². The maximum Gasteiger partial charge on any atom is 0.194 e. The summed E-state index contributed by atoms with van der Waals surface area (Å²) in [6.07, 6.45) is -4.47. The van der Waals surface area contributed by atoms with Crippen LogP contribution in [0.5, 0.6) is 0 Å². The number of aliphatic hydroxyl groups excluding tert-OH is 4. The molecule has 0 saturated heterocycles. The third-order valence-electron chi connectivity index (χ3n) is 1.25. The Kier molecular flexibility index (Phi) is 4.20. The van der Waals surface area contributed by atoms with Gasteiger partial charge in [0.25, 0.3) is 0 Å². The second-order valence-corrected chi connectivity index (χ2v) is 2.29. The summed E-state index contributed by atoms with van der Waals surface area (Å²) in [4.78, 5) is 10.7. The van der Waals surface area contributed by atoms with Gasteiger partial charge in [-0.25, -0.2) is 0 Å². The Balaban J connectivity index is 4.02. The second-order valence-electron chi connectivity index (χ2n) is 2.29. The molecule has 5 heteroatoms. The SMILES string of the molecule is CC(O)[C@H](O)C(=O)C(O)CO. The average Bonchev–Trinajstić information content (AvgIpc) is 2.00. The molecule has 4 N–H and O–H groups in total. The van der Waals surface area contributed by atoms with Crippen molar-refractivity contribution in [3.8, 4) is 0 Å². The summed E-state index contributed by atoms with van der Waals surface area (Å²) in [6, 6.07) is 0. The summed E-state index contributed by atoms with van der Waals surface area (Å²) >= 11 is 0. The van der Waals surface area contributed by atoms with E-state index in [1.165, 1.54) is 6.92 Å². The summed E-state index contributed by atoms with van der Waals surface area (Å²) in [5, 5.41) is 34.4. The van der Waals surface area contributed by atoms with Crippen molar-refractivity contribution >= 4 is 5.78 Å². The van der Waals surface area contributed by atoms with E-state index in [0.717, 1.165) is 0 Å². The summed E-state index contributed by atoms with van der Waals surface area (Å²) in [5.41, 5.74) is 0. The van der Waals surface area contributed by atoms with E-state index < -0.39 is 30.7 Å². The van der Waals surface area contributed by atoms with Crippen molar-refractivity contribution < 1.29 is 25.2 Å². The van der Waals surface area contributed by atoms with E-state index in [2.05, 4.69) is 0 Å². The van der Waals surface area contributed by atoms with Crippen molar-refractivity contribution in [1.82, 2.24) is 0 Å². The van der Waals surface area contributed by atoms with Crippen LogP contribution in [0.4, 0.5) is 0 Å². The topological polar surface area (TPSA) is 98.0 Å². The number of carbonyl (C=O) groups excluding carboxylic acids is 1. The third kappa shape index (κ3) is 2.94. The molecule has 66 valence electrons. The van der Waals surface area contributed by atoms with Gasteiger partial charge in [-0.15, -0.1) is 0 Å². The van der Waals surface area contributed by atoms with Gasteiger partial charge in [-0.2, -0.15) is 0 Å². The number of ketones is 1. The minimum Gasteiger partial charge on any atom is -0.393 e. The Bertz CT molecular complexity index is 133. The van der Waals surface area contributed by atoms with Gasteiger partial charge in [0.1, 0.15) is 12.2 Å². The normalized spacial score (nSPS) is 19.0. The highest BCUT2D eigenvalue weighted by atomic mass is 16.4. The lowest BCUT2D eigenvalue weighted by atomic mass is 10.1. The molecule has 0 heterocycles. The molecule has 0 aromatic carbocycles. The molecule has 0 aliphatic rings. The molecule has 0 saturated carbocycles. The third-order valence-corrected chi connectivity index (χ3v) is 1.25. The Morgan fingerprint density at radius 1 is 1.36 bits per heavy atom. The van der Waals surface area contributed by atoms with Crippen LogP contribution in [0, 0.1) is 0 Å². The lowest BCUT2D eigenvalue weighted by Gasteiger charge is -2.14. The van der Waals surface area contributed by atoms with Gasteiger partial charge in [0.15, 0.2) is 5.78 Å². The number of aliphatic hydroxyl groups is 4. The Hall–Kier alpha value is -0.490. The van der Waals surface area contributed by atoms with Crippen LogP contribution in [0.15, 0.2) is 0 Å². The maximum absolute atomic E-state index is 10.7. The molecule has 0 fully saturated rings. The molecule has 5 nitrogen and oxygen atoms in total. The molecular weight excluding hydrogens is 152 g/mol. The van der Waals surface area contributed by atoms with E-state index in [1.807, 2.05) is 0 Å². The van der Waals surface area contributed by atoms with Crippen LogP contribution < -0.4 is 0 Å². The number of hydrogen-bond donors (Lipinski definition) is 4. The minimum absolute atomic E-state index is 0.747. The molecule has 0 rings (SSSR count). The van der Waals surface area contributed by atoms with Crippen LogP contribution >= 0.6 is 0 Å². The molecule has 0 aromatic heterocycles. The van der Waals surface area contributed by atoms with Crippen molar-refractivity contribution in [2.45, 2.75) is 25.2 Å². The first-order valence-corrected chi connectivity index (χ1v) is 3.19. The highest BCUT2D eigenvalue weighted by Crippen LogP contribution is 1.97. The first-order chi connectivity index (χ1) is 5.00. The molecule has 0 spiro atoms. The van der Waals surface area contributed by atoms with Crippen molar-refractivity contribution in [2.75, 3.05) is 6.61 Å². The fraction of sp³-hybridized carbons (Fsp3) is 0.833. The first-order valence-electron chi connectivity index (χ1n) is 3.19. The van der Waals surface area contributed by atoms with Gasteiger partial charge in [-0.3, -0.25) is 4.79 Å².